The van der Waals surface area contributed by atoms with E-state index >= 15 is 0 Å². The van der Waals surface area contributed by atoms with Gasteiger partial charge in [-0.1, -0.05) is 0 Å². The summed E-state index contributed by atoms with van der Waals surface area (Å²) < 4.78 is 0. The molecule has 0 fully saturated rings. The van der Waals surface area contributed by atoms with Crippen LogP contribution in [0.2, 0.25) is 0 Å². The molecule has 0 aliphatic carbocycles. The molecule has 0 aromatic carbocycles. The SMILES string of the molecule is CCN(CC(=O)O)c1ncc(C)cn1. The Bertz CT molecular complexity index is 310. The maximum atomic E-state index is 10.5. The highest BCUT2D eigenvalue weighted by molar-refractivity contribution is 5.72. The van der Waals surface area contributed by atoms with E-state index in [9.17, 15) is 4.79 Å². The molecule has 5 nitrogen and oxygen atoms in total. The topological polar surface area (TPSA) is 66.3 Å². The molecule has 0 bridgehead atoms. The van der Waals surface area contributed by atoms with E-state index in [0.29, 0.717) is 12.5 Å². The summed E-state index contributed by atoms with van der Waals surface area (Å²) in [5.74, 6) is -0.420. The average molecular weight is 195 g/mol. The summed E-state index contributed by atoms with van der Waals surface area (Å²) in [6.07, 6.45) is 3.35. The number of nitrogens with zero attached hydrogens (tertiary/aromatic N) is 3. The molecule has 0 atom stereocenters. The molecule has 0 unspecified atom stereocenters. The van der Waals surface area contributed by atoms with Crippen LogP contribution in [0, 0.1) is 6.92 Å². The van der Waals surface area contributed by atoms with Crippen LogP contribution in [-0.2, 0) is 4.79 Å². The fourth-order valence-corrected chi connectivity index (χ4v) is 1.04. The summed E-state index contributed by atoms with van der Waals surface area (Å²) >= 11 is 0. The number of rotatable bonds is 4. The van der Waals surface area contributed by atoms with E-state index in [2.05, 4.69) is 9.97 Å². The van der Waals surface area contributed by atoms with E-state index in [1.165, 1.54) is 0 Å². The van der Waals surface area contributed by atoms with Crippen LogP contribution in [0.25, 0.3) is 0 Å². The smallest absolute Gasteiger partial charge is 0.323 e. The molecule has 1 aromatic rings. The van der Waals surface area contributed by atoms with Gasteiger partial charge in [-0.25, -0.2) is 9.97 Å². The van der Waals surface area contributed by atoms with E-state index < -0.39 is 5.97 Å². The fraction of sp³-hybridized carbons (Fsp3) is 0.444. The number of aryl methyl sites for hydroxylation is 1. The molecule has 0 aliphatic rings. The third-order valence-corrected chi connectivity index (χ3v) is 1.76. The number of hydrogen-bond acceptors (Lipinski definition) is 4. The molecule has 14 heavy (non-hydrogen) atoms. The minimum atomic E-state index is -0.879. The lowest BCUT2D eigenvalue weighted by molar-refractivity contribution is -0.135. The van der Waals surface area contributed by atoms with Gasteiger partial charge in [-0.2, -0.15) is 0 Å². The summed E-state index contributed by atoms with van der Waals surface area (Å²) in [6, 6.07) is 0. The third-order valence-electron chi connectivity index (χ3n) is 1.76. The zero-order valence-electron chi connectivity index (χ0n) is 8.27. The van der Waals surface area contributed by atoms with Crippen LogP contribution >= 0.6 is 0 Å². The normalized spacial score (nSPS) is 9.86. The van der Waals surface area contributed by atoms with Crippen molar-refractivity contribution < 1.29 is 9.90 Å². The standard InChI is InChI=1S/C9H13N3O2/c1-3-12(6-8(13)14)9-10-4-7(2)5-11-9/h4-5H,3,6H2,1-2H3,(H,13,14). The molecule has 0 saturated heterocycles. The lowest BCUT2D eigenvalue weighted by Crippen LogP contribution is -2.30. The molecule has 1 heterocycles. The van der Waals surface area contributed by atoms with Gasteiger partial charge in [0.2, 0.25) is 5.95 Å². The highest BCUT2D eigenvalue weighted by Crippen LogP contribution is 2.05. The van der Waals surface area contributed by atoms with Crippen molar-refractivity contribution in [1.29, 1.82) is 0 Å². The van der Waals surface area contributed by atoms with E-state index in [-0.39, 0.29) is 6.54 Å². The minimum absolute atomic E-state index is 0.0699. The van der Waals surface area contributed by atoms with Crippen LogP contribution in [0.1, 0.15) is 12.5 Å². The number of anilines is 1. The van der Waals surface area contributed by atoms with Crippen molar-refractivity contribution in [3.8, 4) is 0 Å². The van der Waals surface area contributed by atoms with Crippen molar-refractivity contribution in [2.75, 3.05) is 18.0 Å². The Morgan fingerprint density at radius 1 is 1.50 bits per heavy atom. The lowest BCUT2D eigenvalue weighted by Gasteiger charge is -2.17. The summed E-state index contributed by atoms with van der Waals surface area (Å²) in [6.45, 7) is 4.26. The first-order chi connectivity index (χ1) is 6.63. The first-order valence-corrected chi connectivity index (χ1v) is 4.39. The molecular weight excluding hydrogens is 182 g/mol. The predicted molar refractivity (Wildman–Crippen MR) is 52.3 cm³/mol. The Kier molecular flexibility index (Phi) is 3.39. The maximum absolute atomic E-state index is 10.5. The number of likely N-dealkylation sites (N-methyl/N-ethyl adjacent to an activating group) is 1. The summed E-state index contributed by atoms with van der Waals surface area (Å²) in [5.41, 5.74) is 0.958. The van der Waals surface area contributed by atoms with Crippen molar-refractivity contribution in [2.24, 2.45) is 0 Å². The molecule has 0 spiro atoms. The van der Waals surface area contributed by atoms with Crippen LogP contribution < -0.4 is 4.90 Å². The number of aromatic nitrogens is 2. The Morgan fingerprint density at radius 2 is 2.07 bits per heavy atom. The molecule has 0 aliphatic heterocycles. The van der Waals surface area contributed by atoms with E-state index in [4.69, 9.17) is 5.11 Å². The highest BCUT2D eigenvalue weighted by Gasteiger charge is 2.10. The largest absolute Gasteiger partial charge is 0.480 e. The van der Waals surface area contributed by atoms with Gasteiger partial charge in [-0.15, -0.1) is 0 Å². The molecule has 5 heteroatoms. The van der Waals surface area contributed by atoms with Crippen molar-refractivity contribution >= 4 is 11.9 Å². The second-order valence-corrected chi connectivity index (χ2v) is 2.97. The zero-order chi connectivity index (χ0) is 10.6. The van der Waals surface area contributed by atoms with E-state index in [1.807, 2.05) is 13.8 Å². The molecule has 0 radical (unpaired) electrons. The van der Waals surface area contributed by atoms with Gasteiger partial charge in [-0.3, -0.25) is 4.79 Å². The monoisotopic (exact) mass is 195 g/mol. The van der Waals surface area contributed by atoms with Gasteiger partial charge < -0.3 is 10.0 Å². The Labute approximate surface area is 82.4 Å². The van der Waals surface area contributed by atoms with Crippen LogP contribution in [-0.4, -0.2) is 34.1 Å². The molecular formula is C9H13N3O2. The fourth-order valence-electron chi connectivity index (χ4n) is 1.04. The molecule has 1 rings (SSSR count). The predicted octanol–water partition coefficient (Wildman–Crippen LogP) is 0.696. The second-order valence-electron chi connectivity index (χ2n) is 2.97. The third kappa shape index (κ3) is 2.69. The van der Waals surface area contributed by atoms with Crippen LogP contribution in [0.5, 0.6) is 0 Å². The zero-order valence-corrected chi connectivity index (χ0v) is 8.27. The van der Waals surface area contributed by atoms with Crippen molar-refractivity contribution in [3.05, 3.63) is 18.0 Å². The second kappa shape index (κ2) is 4.55. The van der Waals surface area contributed by atoms with Crippen molar-refractivity contribution in [2.45, 2.75) is 13.8 Å². The molecule has 0 saturated carbocycles. The maximum Gasteiger partial charge on any atom is 0.323 e. The van der Waals surface area contributed by atoms with Crippen LogP contribution in [0.3, 0.4) is 0 Å². The van der Waals surface area contributed by atoms with Gasteiger partial charge in [0.1, 0.15) is 6.54 Å². The Morgan fingerprint density at radius 3 is 2.50 bits per heavy atom. The number of carbonyl (C=O) groups is 1. The van der Waals surface area contributed by atoms with E-state index in [0.717, 1.165) is 5.56 Å². The summed E-state index contributed by atoms with van der Waals surface area (Å²) in [5, 5.41) is 8.63. The number of carboxylic acid groups (broad SMARTS) is 1. The number of aliphatic carboxylic acids is 1. The van der Waals surface area contributed by atoms with Gasteiger partial charge in [0.25, 0.3) is 0 Å². The number of hydrogen-bond donors (Lipinski definition) is 1. The summed E-state index contributed by atoms with van der Waals surface area (Å²) in [4.78, 5) is 20.2. The van der Waals surface area contributed by atoms with Crippen molar-refractivity contribution in [1.82, 2.24) is 9.97 Å². The minimum Gasteiger partial charge on any atom is -0.480 e. The molecule has 0 amide bonds. The first-order valence-electron chi connectivity index (χ1n) is 4.39. The Hall–Kier alpha value is -1.65. The quantitative estimate of drug-likeness (QED) is 0.765. The average Bonchev–Trinajstić information content (AvgIpc) is 2.15. The highest BCUT2D eigenvalue weighted by atomic mass is 16.4. The van der Waals surface area contributed by atoms with Gasteiger partial charge >= 0.3 is 5.97 Å². The van der Waals surface area contributed by atoms with Crippen LogP contribution in [0.4, 0.5) is 5.95 Å². The van der Waals surface area contributed by atoms with E-state index in [1.54, 1.807) is 17.3 Å². The lowest BCUT2D eigenvalue weighted by atomic mass is 10.4. The van der Waals surface area contributed by atoms with Gasteiger partial charge in [0.15, 0.2) is 0 Å². The van der Waals surface area contributed by atoms with Crippen molar-refractivity contribution in [3.63, 3.8) is 0 Å². The number of carboxylic acids is 1. The molecule has 1 aromatic heterocycles. The first kappa shape index (κ1) is 10.4. The van der Waals surface area contributed by atoms with Gasteiger partial charge in [0.05, 0.1) is 0 Å². The summed E-state index contributed by atoms with van der Waals surface area (Å²) in [7, 11) is 0. The molecule has 1 N–H and O–H groups in total. The van der Waals surface area contributed by atoms with Crippen LogP contribution in [0.15, 0.2) is 12.4 Å². The van der Waals surface area contributed by atoms with Gasteiger partial charge in [-0.05, 0) is 19.4 Å². The van der Waals surface area contributed by atoms with Gasteiger partial charge in [0, 0.05) is 18.9 Å². The Balaban J connectivity index is 2.78. The molecule has 76 valence electrons.